The molecular weight excluding hydrogens is 333 g/mol. The molecule has 0 saturated heterocycles. The Hall–Kier alpha value is -2.79. The molecule has 0 radical (unpaired) electrons. The zero-order chi connectivity index (χ0) is 17.1. The number of halogens is 1. The summed E-state index contributed by atoms with van der Waals surface area (Å²) >= 11 is 0. The molecule has 3 heterocycles. The molecule has 5 heteroatoms. The second-order valence-electron chi connectivity index (χ2n) is 5.65. The number of thiol groups is 1. The van der Waals surface area contributed by atoms with E-state index in [0.717, 1.165) is 34.0 Å². The molecule has 0 aliphatic carbocycles. The summed E-state index contributed by atoms with van der Waals surface area (Å²) < 4.78 is 13.3. The average Bonchev–Trinajstić information content (AvgIpc) is 3.16. The Morgan fingerprint density at radius 1 is 0.880 bits per heavy atom. The Kier molecular flexibility index (Phi) is 4.39. The predicted octanol–water partition coefficient (Wildman–Crippen LogP) is 4.89. The lowest BCUT2D eigenvalue weighted by Gasteiger charge is -2.13. The van der Waals surface area contributed by atoms with Crippen LogP contribution >= 0.6 is 10.9 Å². The van der Waals surface area contributed by atoms with Gasteiger partial charge in [0.1, 0.15) is 11.6 Å². The second kappa shape index (κ2) is 6.99. The number of rotatable bonds is 4. The van der Waals surface area contributed by atoms with E-state index in [4.69, 9.17) is 4.98 Å². The van der Waals surface area contributed by atoms with Crippen molar-refractivity contribution in [2.24, 2.45) is 0 Å². The smallest absolute Gasteiger partial charge is 0.137 e. The first-order valence-corrected chi connectivity index (χ1v) is 9.59. The number of allylic oxidation sites excluding steroid dienone is 2. The topological polar surface area (TPSA) is 38.7 Å². The van der Waals surface area contributed by atoms with Crippen molar-refractivity contribution in [3.8, 4) is 22.4 Å². The molecule has 3 nitrogen and oxygen atoms in total. The number of nitrogens with zero attached hydrogens (tertiary/aromatic N) is 3. The Bertz CT molecular complexity index is 925. The highest BCUT2D eigenvalue weighted by atomic mass is 32.2. The number of aromatic nitrogens is 3. The Labute approximate surface area is 148 Å². The summed E-state index contributed by atoms with van der Waals surface area (Å²) in [7, 11) is -0.319. The minimum Gasteiger partial charge on any atom is -0.265 e. The molecule has 3 aromatic rings. The van der Waals surface area contributed by atoms with Crippen molar-refractivity contribution in [3.63, 3.8) is 0 Å². The van der Waals surface area contributed by atoms with E-state index >= 15 is 0 Å². The summed E-state index contributed by atoms with van der Waals surface area (Å²) in [4.78, 5) is 13.5. The van der Waals surface area contributed by atoms with Crippen LogP contribution in [0.1, 0.15) is 5.82 Å². The van der Waals surface area contributed by atoms with Crippen molar-refractivity contribution < 1.29 is 4.39 Å². The van der Waals surface area contributed by atoms with Gasteiger partial charge in [-0.25, -0.2) is 25.3 Å². The molecule has 1 aromatic carbocycles. The summed E-state index contributed by atoms with van der Waals surface area (Å²) in [5, 5.41) is 4.41. The van der Waals surface area contributed by atoms with Gasteiger partial charge in [-0.3, -0.25) is 4.98 Å². The third kappa shape index (κ3) is 3.51. The summed E-state index contributed by atoms with van der Waals surface area (Å²) in [5.41, 5.74) is 3.61. The van der Waals surface area contributed by atoms with Gasteiger partial charge in [0, 0.05) is 35.5 Å². The van der Waals surface area contributed by atoms with E-state index in [1.54, 1.807) is 24.5 Å². The van der Waals surface area contributed by atoms with Crippen molar-refractivity contribution in [1.82, 2.24) is 15.0 Å². The van der Waals surface area contributed by atoms with Crippen molar-refractivity contribution in [3.05, 3.63) is 89.6 Å². The Morgan fingerprint density at radius 2 is 1.60 bits per heavy atom. The first-order valence-electron chi connectivity index (χ1n) is 7.92. The van der Waals surface area contributed by atoms with Gasteiger partial charge < -0.3 is 0 Å². The number of pyridine rings is 1. The highest BCUT2D eigenvalue weighted by Gasteiger charge is 2.13. The van der Waals surface area contributed by atoms with Gasteiger partial charge in [-0.2, -0.15) is 0 Å². The molecule has 1 aliphatic rings. The SMILES string of the molecule is Fc1ccc(-c2cnc(C[SH]3C=CC=C3)nc2-c2ccncc2)cc1. The summed E-state index contributed by atoms with van der Waals surface area (Å²) in [6.45, 7) is 0. The van der Waals surface area contributed by atoms with Crippen LogP contribution in [-0.2, 0) is 5.75 Å². The molecule has 0 unspecified atom stereocenters. The van der Waals surface area contributed by atoms with Gasteiger partial charge in [-0.05, 0) is 40.6 Å². The molecule has 0 spiro atoms. The number of hydrogen-bond acceptors (Lipinski definition) is 3. The predicted molar refractivity (Wildman–Crippen MR) is 102 cm³/mol. The second-order valence-corrected chi connectivity index (χ2v) is 7.59. The molecule has 4 rings (SSSR count). The van der Waals surface area contributed by atoms with Crippen molar-refractivity contribution in [2.45, 2.75) is 5.75 Å². The van der Waals surface area contributed by atoms with Gasteiger partial charge in [-0.15, -0.1) is 0 Å². The zero-order valence-corrected chi connectivity index (χ0v) is 14.3. The van der Waals surface area contributed by atoms with Crippen LogP contribution in [0.2, 0.25) is 0 Å². The van der Waals surface area contributed by atoms with Crippen molar-refractivity contribution in [2.75, 3.05) is 0 Å². The van der Waals surface area contributed by atoms with E-state index in [-0.39, 0.29) is 16.7 Å². The molecule has 0 atom stereocenters. The minimum absolute atomic E-state index is 0.255. The Morgan fingerprint density at radius 3 is 2.32 bits per heavy atom. The van der Waals surface area contributed by atoms with Gasteiger partial charge in [0.05, 0.1) is 5.69 Å². The third-order valence-electron chi connectivity index (χ3n) is 3.94. The standard InChI is InChI=1S/C20H16FN3S/c21-17-5-3-15(4-6-17)18-13-23-19(14-25-11-1-2-12-25)24-20(18)16-7-9-22-10-8-16/h1-13,25H,14H2. The lowest BCUT2D eigenvalue weighted by atomic mass is 10.0. The highest BCUT2D eigenvalue weighted by molar-refractivity contribution is 8.21. The van der Waals surface area contributed by atoms with Crippen LogP contribution in [0.25, 0.3) is 22.4 Å². The normalized spacial score (nSPS) is 14.2. The summed E-state index contributed by atoms with van der Waals surface area (Å²) in [5.74, 6) is 1.39. The maximum Gasteiger partial charge on any atom is 0.137 e. The first-order chi connectivity index (χ1) is 12.3. The van der Waals surface area contributed by atoms with Gasteiger partial charge >= 0.3 is 0 Å². The number of hydrogen-bond donors (Lipinski definition) is 1. The molecule has 0 fully saturated rings. The average molecular weight is 349 g/mol. The van der Waals surface area contributed by atoms with Crippen molar-refractivity contribution >= 4 is 10.9 Å². The van der Waals surface area contributed by atoms with Crippen LogP contribution in [0.4, 0.5) is 4.39 Å². The minimum atomic E-state index is -0.319. The monoisotopic (exact) mass is 349 g/mol. The van der Waals surface area contributed by atoms with Crippen LogP contribution < -0.4 is 0 Å². The fraction of sp³-hybridized carbons (Fsp3) is 0.0500. The van der Waals surface area contributed by atoms with Gasteiger partial charge in [0.15, 0.2) is 0 Å². The van der Waals surface area contributed by atoms with Gasteiger partial charge in [-0.1, -0.05) is 24.3 Å². The summed E-state index contributed by atoms with van der Waals surface area (Å²) in [6.07, 6.45) is 9.48. The van der Waals surface area contributed by atoms with E-state index < -0.39 is 0 Å². The molecule has 0 bridgehead atoms. The molecule has 0 N–H and O–H groups in total. The molecule has 25 heavy (non-hydrogen) atoms. The molecule has 2 aromatic heterocycles. The lowest BCUT2D eigenvalue weighted by Crippen LogP contribution is -1.99. The molecule has 0 amide bonds. The summed E-state index contributed by atoms with van der Waals surface area (Å²) in [6, 6.07) is 10.3. The third-order valence-corrected chi connectivity index (χ3v) is 5.70. The fourth-order valence-electron chi connectivity index (χ4n) is 2.70. The quantitative estimate of drug-likeness (QED) is 0.682. The van der Waals surface area contributed by atoms with Crippen LogP contribution in [0, 0.1) is 5.82 Å². The van der Waals surface area contributed by atoms with E-state index in [1.165, 1.54) is 12.1 Å². The van der Waals surface area contributed by atoms with E-state index in [2.05, 4.69) is 32.9 Å². The van der Waals surface area contributed by atoms with Crippen molar-refractivity contribution in [1.29, 1.82) is 0 Å². The maximum atomic E-state index is 13.3. The Balaban J connectivity index is 1.78. The number of benzene rings is 1. The van der Waals surface area contributed by atoms with Gasteiger partial charge in [0.2, 0.25) is 0 Å². The lowest BCUT2D eigenvalue weighted by molar-refractivity contribution is 0.628. The maximum absolute atomic E-state index is 13.3. The van der Waals surface area contributed by atoms with E-state index in [0.29, 0.717) is 0 Å². The highest BCUT2D eigenvalue weighted by Crippen LogP contribution is 2.37. The van der Waals surface area contributed by atoms with E-state index in [9.17, 15) is 4.39 Å². The zero-order valence-electron chi connectivity index (χ0n) is 13.4. The van der Waals surface area contributed by atoms with Crippen LogP contribution in [-0.4, -0.2) is 15.0 Å². The van der Waals surface area contributed by atoms with Crippen LogP contribution in [0.5, 0.6) is 0 Å². The largest absolute Gasteiger partial charge is 0.265 e. The molecular formula is C20H16FN3S. The van der Waals surface area contributed by atoms with Crippen LogP contribution in [0.3, 0.4) is 0 Å². The molecule has 0 saturated carbocycles. The molecule has 124 valence electrons. The van der Waals surface area contributed by atoms with Gasteiger partial charge in [0.25, 0.3) is 0 Å². The van der Waals surface area contributed by atoms with E-state index in [1.807, 2.05) is 18.3 Å². The van der Waals surface area contributed by atoms with Crippen LogP contribution in [0.15, 0.2) is 78.0 Å². The molecule has 1 aliphatic heterocycles. The fourth-order valence-corrected chi connectivity index (χ4v) is 4.13. The first kappa shape index (κ1) is 15.7.